The summed E-state index contributed by atoms with van der Waals surface area (Å²) in [5.41, 5.74) is 5.84. The molecular weight excluding hydrogens is 288 g/mol. The van der Waals surface area contributed by atoms with Gasteiger partial charge < -0.3 is 15.8 Å². The van der Waals surface area contributed by atoms with E-state index in [0.717, 1.165) is 31.4 Å². The van der Waals surface area contributed by atoms with Gasteiger partial charge in [0.05, 0.1) is 12.5 Å². The van der Waals surface area contributed by atoms with Gasteiger partial charge >= 0.3 is 0 Å². The maximum absolute atomic E-state index is 12.2. The number of nitrogens with two attached hydrogens (primary N) is 1. The summed E-state index contributed by atoms with van der Waals surface area (Å²) in [6.45, 7) is 2.88. The summed E-state index contributed by atoms with van der Waals surface area (Å²) in [6, 6.07) is 7.17. The number of ether oxygens (including phenoxy) is 1. The van der Waals surface area contributed by atoms with Gasteiger partial charge in [0.25, 0.3) is 0 Å². The molecule has 0 saturated heterocycles. The minimum absolute atomic E-state index is 0.0411. The monoisotopic (exact) mass is 310 g/mol. The van der Waals surface area contributed by atoms with Crippen LogP contribution in [0.5, 0.6) is 5.75 Å². The van der Waals surface area contributed by atoms with E-state index in [9.17, 15) is 4.79 Å². The number of carbonyl (C=O) groups excluding carboxylic acids is 1. The lowest BCUT2D eigenvalue weighted by Crippen LogP contribution is -2.53. The molecule has 1 aliphatic rings. The molecule has 0 heterocycles. The van der Waals surface area contributed by atoms with Crippen molar-refractivity contribution in [1.29, 1.82) is 0 Å². The third-order valence-corrected chi connectivity index (χ3v) is 4.31. The fourth-order valence-corrected chi connectivity index (χ4v) is 2.91. The minimum Gasteiger partial charge on any atom is -0.492 e. The summed E-state index contributed by atoms with van der Waals surface area (Å²) in [7, 11) is 0. The van der Waals surface area contributed by atoms with Crippen LogP contribution in [0.15, 0.2) is 24.3 Å². The average Bonchev–Trinajstić information content (AvgIpc) is 2.45. The van der Waals surface area contributed by atoms with Crippen LogP contribution in [0.1, 0.15) is 32.6 Å². The first-order valence-corrected chi connectivity index (χ1v) is 7.82. The molecule has 3 N–H and O–H groups in total. The third kappa shape index (κ3) is 4.61. The highest BCUT2D eigenvalue weighted by Gasteiger charge is 2.37. The number of hydrogen-bond acceptors (Lipinski definition) is 3. The van der Waals surface area contributed by atoms with E-state index in [2.05, 4.69) is 5.32 Å². The number of amides is 1. The molecule has 116 valence electrons. The zero-order chi connectivity index (χ0) is 15.3. The minimum atomic E-state index is -0.390. The Bertz CT molecular complexity index is 474. The Balaban J connectivity index is 1.73. The first-order valence-electron chi connectivity index (χ1n) is 7.44. The number of benzene rings is 1. The Hall–Kier alpha value is -1.26. The van der Waals surface area contributed by atoms with Crippen LogP contribution in [0.2, 0.25) is 5.02 Å². The summed E-state index contributed by atoms with van der Waals surface area (Å²) in [4.78, 5) is 12.2. The van der Waals surface area contributed by atoms with Crippen LogP contribution >= 0.6 is 11.6 Å². The largest absolute Gasteiger partial charge is 0.492 e. The van der Waals surface area contributed by atoms with Crippen molar-refractivity contribution in [2.75, 3.05) is 13.2 Å². The molecule has 0 aromatic heterocycles. The van der Waals surface area contributed by atoms with Crippen LogP contribution < -0.4 is 15.8 Å². The summed E-state index contributed by atoms with van der Waals surface area (Å²) in [6.07, 6.45) is 3.96. The van der Waals surface area contributed by atoms with Crippen molar-refractivity contribution in [2.45, 2.75) is 38.1 Å². The fraction of sp³-hybridized carbons (Fsp3) is 0.562. The molecule has 0 spiro atoms. The quantitative estimate of drug-likeness (QED) is 0.822. The molecule has 5 heteroatoms. The van der Waals surface area contributed by atoms with Crippen LogP contribution in [0.3, 0.4) is 0 Å². The maximum Gasteiger partial charge on any atom is 0.225 e. The maximum atomic E-state index is 12.2. The number of rotatable bonds is 5. The van der Waals surface area contributed by atoms with E-state index in [-0.39, 0.29) is 17.4 Å². The SMILES string of the molecule is CC1(N)CCCCC1C(=O)NCCOc1ccc(Cl)cc1. The number of halogens is 1. The Labute approximate surface area is 131 Å². The molecule has 0 bridgehead atoms. The van der Waals surface area contributed by atoms with Gasteiger partial charge in [-0.1, -0.05) is 24.4 Å². The van der Waals surface area contributed by atoms with Crippen LogP contribution in [0.4, 0.5) is 0 Å². The predicted octanol–water partition coefficient (Wildman–Crippen LogP) is 2.74. The van der Waals surface area contributed by atoms with Crippen molar-refractivity contribution in [1.82, 2.24) is 5.32 Å². The highest BCUT2D eigenvalue weighted by atomic mass is 35.5. The second-order valence-electron chi connectivity index (χ2n) is 5.90. The topological polar surface area (TPSA) is 64.4 Å². The van der Waals surface area contributed by atoms with E-state index < -0.39 is 0 Å². The first-order chi connectivity index (χ1) is 9.99. The summed E-state index contributed by atoms with van der Waals surface area (Å²) >= 11 is 5.80. The fourth-order valence-electron chi connectivity index (χ4n) is 2.79. The van der Waals surface area contributed by atoms with Gasteiger partial charge in [-0.05, 0) is 44.0 Å². The molecule has 1 aromatic rings. The van der Waals surface area contributed by atoms with Crippen molar-refractivity contribution in [2.24, 2.45) is 11.7 Å². The van der Waals surface area contributed by atoms with E-state index in [1.54, 1.807) is 12.1 Å². The van der Waals surface area contributed by atoms with Gasteiger partial charge in [0.2, 0.25) is 5.91 Å². The van der Waals surface area contributed by atoms with Crippen LogP contribution in [0, 0.1) is 5.92 Å². The molecule has 1 aromatic carbocycles. The standard InChI is InChI=1S/C16H23ClN2O2/c1-16(18)9-3-2-4-14(16)15(20)19-10-11-21-13-7-5-12(17)6-8-13/h5-8,14H,2-4,9-11,18H2,1H3,(H,19,20). The Morgan fingerprint density at radius 3 is 2.81 bits per heavy atom. The Kier molecular flexibility index (Phi) is 5.48. The molecule has 0 radical (unpaired) electrons. The van der Waals surface area contributed by atoms with Crippen molar-refractivity contribution >= 4 is 17.5 Å². The number of nitrogens with one attached hydrogen (secondary N) is 1. The van der Waals surface area contributed by atoms with Gasteiger partial charge in [-0.2, -0.15) is 0 Å². The molecule has 21 heavy (non-hydrogen) atoms. The predicted molar refractivity (Wildman–Crippen MR) is 84.5 cm³/mol. The van der Waals surface area contributed by atoms with E-state index in [1.807, 2.05) is 19.1 Å². The van der Waals surface area contributed by atoms with Gasteiger partial charge in [0.1, 0.15) is 12.4 Å². The van der Waals surface area contributed by atoms with Gasteiger partial charge in [-0.25, -0.2) is 0 Å². The van der Waals surface area contributed by atoms with Gasteiger partial charge in [0.15, 0.2) is 0 Å². The molecule has 0 aliphatic heterocycles. The van der Waals surface area contributed by atoms with Crippen molar-refractivity contribution in [3.63, 3.8) is 0 Å². The second kappa shape index (κ2) is 7.14. The molecular formula is C16H23ClN2O2. The van der Waals surface area contributed by atoms with Crippen molar-refractivity contribution in [3.05, 3.63) is 29.3 Å². The lowest BCUT2D eigenvalue weighted by Gasteiger charge is -2.37. The lowest BCUT2D eigenvalue weighted by molar-refractivity contribution is -0.128. The van der Waals surface area contributed by atoms with Crippen molar-refractivity contribution < 1.29 is 9.53 Å². The van der Waals surface area contributed by atoms with Crippen molar-refractivity contribution in [3.8, 4) is 5.75 Å². The zero-order valence-electron chi connectivity index (χ0n) is 12.4. The van der Waals surface area contributed by atoms with Gasteiger partial charge in [0, 0.05) is 10.6 Å². The first kappa shape index (κ1) is 16.1. The Morgan fingerprint density at radius 2 is 2.14 bits per heavy atom. The molecule has 2 atom stereocenters. The molecule has 1 saturated carbocycles. The molecule has 2 rings (SSSR count). The van der Waals surface area contributed by atoms with Crippen LogP contribution in [-0.2, 0) is 4.79 Å². The van der Waals surface area contributed by atoms with E-state index in [4.69, 9.17) is 22.1 Å². The second-order valence-corrected chi connectivity index (χ2v) is 6.33. The summed E-state index contributed by atoms with van der Waals surface area (Å²) < 4.78 is 5.55. The van der Waals surface area contributed by atoms with Gasteiger partial charge in [-0.3, -0.25) is 4.79 Å². The molecule has 4 nitrogen and oxygen atoms in total. The normalized spacial score (nSPS) is 25.4. The lowest BCUT2D eigenvalue weighted by atomic mass is 9.74. The molecule has 1 aliphatic carbocycles. The summed E-state index contributed by atoms with van der Waals surface area (Å²) in [5, 5.41) is 3.60. The third-order valence-electron chi connectivity index (χ3n) is 4.05. The molecule has 2 unspecified atom stereocenters. The molecule has 1 fully saturated rings. The van der Waals surface area contributed by atoms with E-state index in [1.165, 1.54) is 0 Å². The smallest absolute Gasteiger partial charge is 0.225 e. The van der Waals surface area contributed by atoms with Crippen LogP contribution in [-0.4, -0.2) is 24.6 Å². The summed E-state index contributed by atoms with van der Waals surface area (Å²) in [5.74, 6) is 0.691. The number of carbonyl (C=O) groups is 1. The zero-order valence-corrected chi connectivity index (χ0v) is 13.2. The van der Waals surface area contributed by atoms with Gasteiger partial charge in [-0.15, -0.1) is 0 Å². The number of hydrogen-bond donors (Lipinski definition) is 2. The van der Waals surface area contributed by atoms with Crippen LogP contribution in [0.25, 0.3) is 0 Å². The van der Waals surface area contributed by atoms with E-state index >= 15 is 0 Å². The Morgan fingerprint density at radius 1 is 1.43 bits per heavy atom. The van der Waals surface area contributed by atoms with E-state index in [0.29, 0.717) is 18.2 Å². The highest BCUT2D eigenvalue weighted by Crippen LogP contribution is 2.31. The molecule has 1 amide bonds. The average molecular weight is 311 g/mol. The highest BCUT2D eigenvalue weighted by molar-refractivity contribution is 6.30.